The fourth-order valence-electron chi connectivity index (χ4n) is 14.9. The number of fused-ring (bicyclic) bond motifs is 10. The third kappa shape index (κ3) is 5.54. The van der Waals surface area contributed by atoms with Crippen LogP contribution in [-0.2, 0) is 28.7 Å². The maximum Gasteiger partial charge on any atom is 0.306 e. The van der Waals surface area contributed by atoms with Crippen molar-refractivity contribution in [1.29, 1.82) is 0 Å². The normalized spacial score (nSPS) is 48.2. The first-order valence-electron chi connectivity index (χ1n) is 21.2. The predicted octanol–water partition coefficient (Wildman–Crippen LogP) is 7.51. The SMILES string of the molecule is C=C1C=C[C@@]2(C)C(=C1)CCC1C3C[C@H](C)[C@](O)(C(=O)COC(=O)CCC(=O)O[C@H]4CCC5C6CCC7=CC(=O)CCC7C6[C@@H](C)C[C@@]54C)[C@@]3(C)C[C@H](O)[C@@]12F. The van der Waals surface area contributed by atoms with E-state index in [1.54, 1.807) is 19.9 Å². The van der Waals surface area contributed by atoms with Crippen molar-refractivity contribution in [1.82, 2.24) is 0 Å². The molecule has 6 saturated carbocycles. The second-order valence-corrected chi connectivity index (χ2v) is 19.9. The first-order valence-corrected chi connectivity index (χ1v) is 21.2. The van der Waals surface area contributed by atoms with E-state index in [4.69, 9.17) is 9.47 Å². The Balaban J connectivity index is 0.868. The number of hydrogen-bond donors (Lipinski definition) is 2. The molecular weight excluding hydrogens is 699 g/mol. The van der Waals surface area contributed by atoms with Crippen molar-refractivity contribution in [2.24, 2.45) is 63.6 Å². The van der Waals surface area contributed by atoms with Gasteiger partial charge in [0.05, 0.1) is 18.9 Å². The average Bonchev–Trinajstić information content (AvgIpc) is 3.56. The molecule has 0 aromatic rings. The highest BCUT2D eigenvalue weighted by Crippen LogP contribution is 2.71. The Morgan fingerprint density at radius 2 is 1.67 bits per heavy atom. The van der Waals surface area contributed by atoms with Crippen molar-refractivity contribution in [3.8, 4) is 0 Å². The molecule has 0 heterocycles. The van der Waals surface area contributed by atoms with Gasteiger partial charge >= 0.3 is 11.9 Å². The van der Waals surface area contributed by atoms with Crippen molar-refractivity contribution in [3.63, 3.8) is 0 Å². The second-order valence-electron chi connectivity index (χ2n) is 19.9. The largest absolute Gasteiger partial charge is 0.462 e. The number of alkyl halides is 1. The lowest BCUT2D eigenvalue weighted by Gasteiger charge is -2.62. The van der Waals surface area contributed by atoms with Crippen LogP contribution < -0.4 is 0 Å². The van der Waals surface area contributed by atoms with Gasteiger partial charge in [0, 0.05) is 28.6 Å². The molecule has 6 fully saturated rings. The fraction of sp³-hybridized carbons (Fsp3) is 0.739. The molecule has 0 amide bonds. The molecule has 55 heavy (non-hydrogen) atoms. The zero-order valence-corrected chi connectivity index (χ0v) is 33.4. The van der Waals surface area contributed by atoms with E-state index in [0.29, 0.717) is 55.3 Å². The smallest absolute Gasteiger partial charge is 0.306 e. The zero-order chi connectivity index (χ0) is 39.5. The maximum absolute atomic E-state index is 17.6. The van der Waals surface area contributed by atoms with Crippen LogP contribution in [0.15, 0.2) is 47.6 Å². The minimum absolute atomic E-state index is 0.102. The standard InChI is InChI=1S/C46H61FO8/c1-25-17-18-43(5)29(19-25)8-12-34-35-20-27(3)46(53,44(35,6)23-36(49)45(34,43)47)37(50)24-54-39(51)15-16-40(52)55-38-14-13-33-32-10-7-28-21-30(48)9-11-31(28)41(32)26(2)22-42(33,38)4/h17-19,21,26-27,31-36,38,41,49,53H,1,7-16,20,22-24H2,2-6H3/t26-,27-,31?,32?,33?,34?,35?,36-,38-,41?,42-,43-,44-,45-,46-/m0/s1. The molecule has 0 radical (unpaired) electrons. The zero-order valence-electron chi connectivity index (χ0n) is 33.4. The van der Waals surface area contributed by atoms with Crippen LogP contribution in [0.3, 0.4) is 0 Å². The molecule has 0 saturated heterocycles. The molecule has 6 unspecified atom stereocenters. The van der Waals surface area contributed by atoms with Crippen molar-refractivity contribution in [2.75, 3.05) is 6.61 Å². The van der Waals surface area contributed by atoms with Gasteiger partial charge in [-0.1, -0.05) is 63.6 Å². The summed E-state index contributed by atoms with van der Waals surface area (Å²) >= 11 is 0. The topological polar surface area (TPSA) is 127 Å². The van der Waals surface area contributed by atoms with Gasteiger partial charge in [0.1, 0.15) is 11.7 Å². The van der Waals surface area contributed by atoms with Crippen LogP contribution >= 0.6 is 0 Å². The van der Waals surface area contributed by atoms with E-state index in [2.05, 4.69) is 20.4 Å². The van der Waals surface area contributed by atoms with Gasteiger partial charge < -0.3 is 19.7 Å². The Bertz CT molecular complexity index is 1780. The Hall–Kier alpha value is -2.91. The number of aliphatic hydroxyl groups excluding tert-OH is 1. The molecule has 8 aliphatic carbocycles. The Morgan fingerprint density at radius 3 is 2.44 bits per heavy atom. The highest BCUT2D eigenvalue weighted by molar-refractivity contribution is 5.92. The number of ketones is 2. The molecule has 15 atom stereocenters. The molecule has 0 aromatic carbocycles. The first-order chi connectivity index (χ1) is 25.9. The quantitative estimate of drug-likeness (QED) is 0.256. The number of allylic oxidation sites excluding steroid dienone is 6. The van der Waals surface area contributed by atoms with Gasteiger partial charge in [-0.05, 0) is 124 Å². The van der Waals surface area contributed by atoms with Gasteiger partial charge in [0.2, 0.25) is 5.78 Å². The lowest BCUT2D eigenvalue weighted by atomic mass is 9.44. The predicted molar refractivity (Wildman–Crippen MR) is 204 cm³/mol. The van der Waals surface area contributed by atoms with E-state index in [1.165, 1.54) is 5.57 Å². The first kappa shape index (κ1) is 38.9. The lowest BCUT2D eigenvalue weighted by Crippen LogP contribution is -2.69. The van der Waals surface area contributed by atoms with Gasteiger partial charge in [0.25, 0.3) is 0 Å². The van der Waals surface area contributed by atoms with Crippen LogP contribution in [0, 0.1) is 63.6 Å². The summed E-state index contributed by atoms with van der Waals surface area (Å²) in [6.07, 6.45) is 13.3. The van der Waals surface area contributed by atoms with Crippen LogP contribution in [0.1, 0.15) is 118 Å². The third-order valence-electron chi connectivity index (χ3n) is 17.4. The van der Waals surface area contributed by atoms with Crippen molar-refractivity contribution in [3.05, 3.63) is 47.6 Å². The third-order valence-corrected chi connectivity index (χ3v) is 17.4. The Kier molecular flexibility index (Phi) is 9.43. The number of aliphatic hydroxyl groups is 2. The monoisotopic (exact) mass is 760 g/mol. The molecule has 0 spiro atoms. The van der Waals surface area contributed by atoms with E-state index >= 15 is 4.39 Å². The van der Waals surface area contributed by atoms with Crippen LogP contribution in [0.25, 0.3) is 0 Å². The number of Topliss-reactive ketones (excluding diaryl/α,β-unsaturated/α-hetero) is 1. The summed E-state index contributed by atoms with van der Waals surface area (Å²) in [5, 5.41) is 23.9. The van der Waals surface area contributed by atoms with Crippen LogP contribution in [0.2, 0.25) is 0 Å². The maximum atomic E-state index is 17.6. The lowest BCUT2D eigenvalue weighted by molar-refractivity contribution is -0.219. The molecule has 8 aliphatic rings. The molecule has 0 aliphatic heterocycles. The number of halogens is 1. The molecule has 300 valence electrons. The fourth-order valence-corrected chi connectivity index (χ4v) is 14.9. The Labute approximate surface area is 325 Å². The number of hydrogen-bond acceptors (Lipinski definition) is 8. The molecule has 0 bridgehead atoms. The molecule has 8 rings (SSSR count). The number of carbonyl (C=O) groups excluding carboxylic acids is 4. The summed E-state index contributed by atoms with van der Waals surface area (Å²) in [6.45, 7) is 13.4. The molecule has 2 N–H and O–H groups in total. The summed E-state index contributed by atoms with van der Waals surface area (Å²) in [6, 6.07) is 0. The highest BCUT2D eigenvalue weighted by Gasteiger charge is 2.75. The van der Waals surface area contributed by atoms with Gasteiger partial charge in [-0.25, -0.2) is 4.39 Å². The van der Waals surface area contributed by atoms with Crippen LogP contribution in [-0.4, -0.2) is 63.8 Å². The second kappa shape index (κ2) is 13.3. The van der Waals surface area contributed by atoms with Crippen molar-refractivity contribution in [2.45, 2.75) is 142 Å². The number of carbonyl (C=O) groups is 4. The van der Waals surface area contributed by atoms with Crippen molar-refractivity contribution >= 4 is 23.5 Å². The average molecular weight is 761 g/mol. The van der Waals surface area contributed by atoms with Gasteiger partial charge in [0.15, 0.2) is 18.1 Å². The summed E-state index contributed by atoms with van der Waals surface area (Å²) in [5.41, 5.74) is -3.13. The summed E-state index contributed by atoms with van der Waals surface area (Å²) in [5.74, 6) is -0.541. The molecule has 0 aromatic heterocycles. The van der Waals surface area contributed by atoms with Crippen LogP contribution in [0.5, 0.6) is 0 Å². The number of rotatable bonds is 7. The molecular formula is C46H61FO8. The highest BCUT2D eigenvalue weighted by atomic mass is 19.1. The summed E-state index contributed by atoms with van der Waals surface area (Å²) < 4.78 is 29.1. The van der Waals surface area contributed by atoms with E-state index in [0.717, 1.165) is 49.7 Å². The van der Waals surface area contributed by atoms with Crippen molar-refractivity contribution < 1.29 is 43.3 Å². The van der Waals surface area contributed by atoms with E-state index in [9.17, 15) is 29.4 Å². The Morgan fingerprint density at radius 1 is 0.927 bits per heavy atom. The number of esters is 2. The minimum Gasteiger partial charge on any atom is -0.462 e. The van der Waals surface area contributed by atoms with E-state index in [-0.39, 0.29) is 42.5 Å². The van der Waals surface area contributed by atoms with E-state index in [1.807, 2.05) is 25.2 Å². The van der Waals surface area contributed by atoms with Gasteiger partial charge in [-0.15, -0.1) is 0 Å². The van der Waals surface area contributed by atoms with Gasteiger partial charge in [-0.3, -0.25) is 19.2 Å². The minimum atomic E-state index is -1.97. The van der Waals surface area contributed by atoms with E-state index < -0.39 is 64.4 Å². The molecule has 9 heteroatoms. The number of ether oxygens (including phenoxy) is 2. The summed E-state index contributed by atoms with van der Waals surface area (Å²) in [7, 11) is 0. The van der Waals surface area contributed by atoms with Gasteiger partial charge in [-0.2, -0.15) is 0 Å². The summed E-state index contributed by atoms with van der Waals surface area (Å²) in [4.78, 5) is 52.2. The van der Waals surface area contributed by atoms with Crippen LogP contribution in [0.4, 0.5) is 4.39 Å². The molecule has 8 nitrogen and oxygen atoms in total.